The smallest absolute Gasteiger partial charge is 0.131 e. The Labute approximate surface area is 136 Å². The van der Waals surface area contributed by atoms with E-state index in [-0.39, 0.29) is 0 Å². The minimum Gasteiger partial charge on any atom is -0.355 e. The Balaban J connectivity index is 1.95. The van der Waals surface area contributed by atoms with Gasteiger partial charge in [0.25, 0.3) is 0 Å². The molecular weight excluding hydrogens is 282 g/mol. The van der Waals surface area contributed by atoms with Crippen LogP contribution in [-0.4, -0.2) is 35.4 Å². The molecule has 23 heavy (non-hydrogen) atoms. The summed E-state index contributed by atoms with van der Waals surface area (Å²) < 4.78 is 0. The van der Waals surface area contributed by atoms with Gasteiger partial charge in [-0.25, -0.2) is 4.98 Å². The third-order valence-corrected chi connectivity index (χ3v) is 4.34. The fraction of sp³-hybridized carbons (Fsp3) is 0.200. The van der Waals surface area contributed by atoms with Crippen LogP contribution in [0.25, 0.3) is 22.2 Å². The first-order valence-electron chi connectivity index (χ1n) is 8.12. The number of fused-ring (bicyclic) bond motifs is 1. The normalized spacial score (nSPS) is 14.3. The third kappa shape index (κ3) is 2.48. The van der Waals surface area contributed by atoms with Crippen molar-refractivity contribution in [1.82, 2.24) is 9.88 Å². The Bertz CT molecular complexity index is 868. The Morgan fingerprint density at radius 1 is 1.00 bits per heavy atom. The first-order chi connectivity index (χ1) is 11.4. The minimum absolute atomic E-state index is 0.875. The van der Waals surface area contributed by atoms with Gasteiger partial charge in [-0.3, -0.25) is 4.99 Å². The Hall–Kier alpha value is -2.68. The summed E-state index contributed by atoms with van der Waals surface area (Å²) in [5.41, 5.74) is 4.36. The van der Waals surface area contributed by atoms with E-state index in [2.05, 4.69) is 60.4 Å². The molecule has 0 aliphatic carbocycles. The van der Waals surface area contributed by atoms with Crippen molar-refractivity contribution in [3.63, 3.8) is 0 Å². The molecule has 0 N–H and O–H groups in total. The van der Waals surface area contributed by atoms with E-state index in [1.807, 2.05) is 12.1 Å². The molecule has 2 aromatic carbocycles. The number of hydrogen-bond donors (Lipinski definition) is 0. The maximum absolute atomic E-state index is 4.85. The van der Waals surface area contributed by atoms with Crippen molar-refractivity contribution in [2.45, 2.75) is 6.92 Å². The average molecular weight is 301 g/mol. The van der Waals surface area contributed by atoms with Crippen molar-refractivity contribution in [3.05, 3.63) is 66.2 Å². The molecule has 1 aromatic heterocycles. The molecular formula is C20H19N3. The second-order valence-corrected chi connectivity index (χ2v) is 5.72. The zero-order chi connectivity index (χ0) is 15.6. The Morgan fingerprint density at radius 2 is 1.78 bits per heavy atom. The molecule has 3 heteroatoms. The number of pyridine rings is 1. The molecule has 0 saturated heterocycles. The van der Waals surface area contributed by atoms with E-state index in [1.165, 1.54) is 10.9 Å². The highest BCUT2D eigenvalue weighted by atomic mass is 15.2. The topological polar surface area (TPSA) is 28.5 Å². The summed E-state index contributed by atoms with van der Waals surface area (Å²) in [7, 11) is 0. The van der Waals surface area contributed by atoms with E-state index in [1.54, 1.807) is 0 Å². The van der Waals surface area contributed by atoms with Crippen LogP contribution in [0.4, 0.5) is 0 Å². The van der Waals surface area contributed by atoms with Crippen LogP contribution in [0.5, 0.6) is 0 Å². The van der Waals surface area contributed by atoms with Gasteiger partial charge in [0, 0.05) is 29.6 Å². The molecule has 0 radical (unpaired) electrons. The third-order valence-electron chi connectivity index (χ3n) is 4.34. The number of amidine groups is 1. The minimum atomic E-state index is 0.875. The number of aromatic nitrogens is 1. The van der Waals surface area contributed by atoms with Crippen LogP contribution in [0.1, 0.15) is 12.5 Å². The molecule has 0 amide bonds. The fourth-order valence-corrected chi connectivity index (χ4v) is 3.16. The molecule has 0 bridgehead atoms. The molecule has 0 spiro atoms. The van der Waals surface area contributed by atoms with Crippen LogP contribution in [0.2, 0.25) is 0 Å². The van der Waals surface area contributed by atoms with E-state index >= 15 is 0 Å². The van der Waals surface area contributed by atoms with Gasteiger partial charge in [-0.1, -0.05) is 48.5 Å². The standard InChI is InChI=1S/C20H19N3/c1-2-23-13-12-21-20(23)17-14-19(15-8-4-3-5-9-15)22-18-11-7-6-10-16(17)18/h3-11,14H,2,12-13H2,1H3. The van der Waals surface area contributed by atoms with Crippen LogP contribution in [0.15, 0.2) is 65.7 Å². The van der Waals surface area contributed by atoms with Crippen molar-refractivity contribution in [2.24, 2.45) is 4.99 Å². The van der Waals surface area contributed by atoms with Gasteiger partial charge in [0.15, 0.2) is 0 Å². The van der Waals surface area contributed by atoms with Gasteiger partial charge in [0.05, 0.1) is 17.8 Å². The second-order valence-electron chi connectivity index (χ2n) is 5.72. The molecule has 0 atom stereocenters. The summed E-state index contributed by atoms with van der Waals surface area (Å²) in [6, 6.07) is 20.9. The molecule has 3 aromatic rings. The van der Waals surface area contributed by atoms with Crippen LogP contribution < -0.4 is 0 Å². The quantitative estimate of drug-likeness (QED) is 0.732. The lowest BCUT2D eigenvalue weighted by molar-refractivity contribution is 0.484. The highest BCUT2D eigenvalue weighted by Gasteiger charge is 2.20. The van der Waals surface area contributed by atoms with Crippen molar-refractivity contribution in [3.8, 4) is 11.3 Å². The lowest BCUT2D eigenvalue weighted by atomic mass is 10.0. The van der Waals surface area contributed by atoms with Crippen LogP contribution in [-0.2, 0) is 0 Å². The first kappa shape index (κ1) is 13.9. The lowest BCUT2D eigenvalue weighted by Crippen LogP contribution is -2.28. The highest BCUT2D eigenvalue weighted by Crippen LogP contribution is 2.27. The van der Waals surface area contributed by atoms with Gasteiger partial charge < -0.3 is 4.90 Å². The van der Waals surface area contributed by atoms with Crippen LogP contribution in [0, 0.1) is 0 Å². The van der Waals surface area contributed by atoms with E-state index in [9.17, 15) is 0 Å². The molecule has 0 saturated carbocycles. The summed E-state index contributed by atoms with van der Waals surface area (Å²) in [5.74, 6) is 1.10. The fourth-order valence-electron chi connectivity index (χ4n) is 3.16. The summed E-state index contributed by atoms with van der Waals surface area (Å²) >= 11 is 0. The predicted octanol–water partition coefficient (Wildman–Crippen LogP) is 3.98. The number of nitrogens with zero attached hydrogens (tertiary/aromatic N) is 3. The molecule has 0 unspecified atom stereocenters. The summed E-state index contributed by atoms with van der Waals surface area (Å²) in [4.78, 5) is 12.0. The van der Waals surface area contributed by atoms with E-state index in [4.69, 9.17) is 9.98 Å². The van der Waals surface area contributed by atoms with E-state index < -0.39 is 0 Å². The van der Waals surface area contributed by atoms with Gasteiger partial charge >= 0.3 is 0 Å². The average Bonchev–Trinajstić information content (AvgIpc) is 3.10. The lowest BCUT2D eigenvalue weighted by Gasteiger charge is -2.20. The largest absolute Gasteiger partial charge is 0.355 e. The molecule has 0 fully saturated rings. The zero-order valence-electron chi connectivity index (χ0n) is 13.2. The first-order valence-corrected chi connectivity index (χ1v) is 8.12. The maximum Gasteiger partial charge on any atom is 0.131 e. The van der Waals surface area contributed by atoms with Gasteiger partial charge in [-0.2, -0.15) is 0 Å². The number of likely N-dealkylation sites (N-methyl/N-ethyl adjacent to an activating group) is 1. The molecule has 1 aliphatic rings. The number of rotatable bonds is 3. The van der Waals surface area contributed by atoms with Crippen LogP contribution in [0.3, 0.4) is 0 Å². The van der Waals surface area contributed by atoms with Crippen LogP contribution >= 0.6 is 0 Å². The Morgan fingerprint density at radius 3 is 2.61 bits per heavy atom. The highest BCUT2D eigenvalue weighted by molar-refractivity contribution is 6.10. The number of aliphatic imine (C=N–C) groups is 1. The van der Waals surface area contributed by atoms with E-state index in [0.717, 1.165) is 42.2 Å². The number of para-hydroxylation sites is 1. The van der Waals surface area contributed by atoms with Gasteiger partial charge in [0.2, 0.25) is 0 Å². The summed E-state index contributed by atoms with van der Waals surface area (Å²) in [5, 5.41) is 1.17. The molecule has 2 heterocycles. The number of hydrogen-bond acceptors (Lipinski definition) is 3. The maximum atomic E-state index is 4.85. The van der Waals surface area contributed by atoms with Gasteiger partial charge in [-0.05, 0) is 19.1 Å². The molecule has 4 rings (SSSR count). The van der Waals surface area contributed by atoms with Gasteiger partial charge in [0.1, 0.15) is 5.84 Å². The summed E-state index contributed by atoms with van der Waals surface area (Å²) in [6.07, 6.45) is 0. The Kier molecular flexibility index (Phi) is 3.54. The van der Waals surface area contributed by atoms with Gasteiger partial charge in [-0.15, -0.1) is 0 Å². The zero-order valence-corrected chi connectivity index (χ0v) is 13.2. The molecule has 114 valence electrons. The second kappa shape index (κ2) is 5.84. The monoisotopic (exact) mass is 301 g/mol. The molecule has 1 aliphatic heterocycles. The van der Waals surface area contributed by atoms with Crippen molar-refractivity contribution in [2.75, 3.05) is 19.6 Å². The van der Waals surface area contributed by atoms with Crippen molar-refractivity contribution >= 4 is 16.7 Å². The summed E-state index contributed by atoms with van der Waals surface area (Å²) in [6.45, 7) is 5.04. The van der Waals surface area contributed by atoms with E-state index in [0.29, 0.717) is 0 Å². The number of benzene rings is 2. The van der Waals surface area contributed by atoms with Crippen molar-refractivity contribution < 1.29 is 0 Å². The SMILES string of the molecule is CCN1CCN=C1c1cc(-c2ccccc2)nc2ccccc12. The molecule has 3 nitrogen and oxygen atoms in total. The predicted molar refractivity (Wildman–Crippen MR) is 95.8 cm³/mol. The van der Waals surface area contributed by atoms with Crippen molar-refractivity contribution in [1.29, 1.82) is 0 Å².